The molecule has 1 unspecified atom stereocenters. The number of aliphatic hydroxyl groups excluding tert-OH is 1. The minimum atomic E-state index is -0.281. The maximum atomic E-state index is 10.3. The zero-order valence-electron chi connectivity index (χ0n) is 11.6. The third kappa shape index (κ3) is 2.93. The van der Waals surface area contributed by atoms with Crippen molar-refractivity contribution >= 4 is 0 Å². The van der Waals surface area contributed by atoms with Gasteiger partial charge in [-0.05, 0) is 49.9 Å². The zero-order valence-corrected chi connectivity index (χ0v) is 11.6. The van der Waals surface area contributed by atoms with Gasteiger partial charge < -0.3 is 5.11 Å². The predicted octanol–water partition coefficient (Wildman–Crippen LogP) is 3.16. The minimum absolute atomic E-state index is 0.281. The molecule has 100 valence electrons. The van der Waals surface area contributed by atoms with E-state index in [1.807, 2.05) is 6.07 Å². The zero-order chi connectivity index (χ0) is 13.0. The number of fused-ring (bicyclic) bond motifs is 1. The Hall–Kier alpha value is -0.860. The summed E-state index contributed by atoms with van der Waals surface area (Å²) in [5.74, 6) is 0. The molecule has 0 amide bonds. The summed E-state index contributed by atoms with van der Waals surface area (Å²) in [4.78, 5) is 2.55. The molecule has 1 aromatic rings. The van der Waals surface area contributed by atoms with Gasteiger partial charge in [0.2, 0.25) is 0 Å². The number of benzene rings is 1. The maximum Gasteiger partial charge on any atom is 0.0807 e. The molecule has 1 aliphatic carbocycles. The van der Waals surface area contributed by atoms with Gasteiger partial charge in [-0.25, -0.2) is 0 Å². The van der Waals surface area contributed by atoms with Crippen molar-refractivity contribution in [2.24, 2.45) is 0 Å². The van der Waals surface area contributed by atoms with Crippen LogP contribution in [0.25, 0.3) is 0 Å². The van der Waals surface area contributed by atoms with Gasteiger partial charge in [0.15, 0.2) is 0 Å². The molecule has 0 fully saturated rings. The number of nitrogens with zero attached hydrogens (tertiary/aromatic N) is 1. The second-order valence-electron chi connectivity index (χ2n) is 5.34. The van der Waals surface area contributed by atoms with Crippen LogP contribution in [0.2, 0.25) is 0 Å². The summed E-state index contributed by atoms with van der Waals surface area (Å²) in [5.41, 5.74) is 2.47. The molecule has 0 spiro atoms. The van der Waals surface area contributed by atoms with Crippen LogP contribution in [0, 0.1) is 0 Å². The Labute approximate surface area is 111 Å². The van der Waals surface area contributed by atoms with Crippen molar-refractivity contribution < 1.29 is 5.11 Å². The first kappa shape index (κ1) is 13.6. The fraction of sp³-hybridized carbons (Fsp3) is 0.625. The largest absolute Gasteiger partial charge is 0.388 e. The lowest BCUT2D eigenvalue weighted by Gasteiger charge is -2.37. The monoisotopic (exact) mass is 247 g/mol. The molecule has 0 heterocycles. The first-order valence-corrected chi connectivity index (χ1v) is 7.26. The van der Waals surface area contributed by atoms with Crippen LogP contribution in [0.5, 0.6) is 0 Å². The lowest BCUT2D eigenvalue weighted by molar-refractivity contribution is 0.0885. The molecule has 1 aliphatic rings. The molecular weight excluding hydrogens is 222 g/mol. The Morgan fingerprint density at radius 3 is 2.50 bits per heavy atom. The van der Waals surface area contributed by atoms with E-state index in [0.717, 1.165) is 31.5 Å². The fourth-order valence-electron chi connectivity index (χ4n) is 3.10. The summed E-state index contributed by atoms with van der Waals surface area (Å²) in [6, 6.07) is 8.85. The molecule has 2 heteroatoms. The van der Waals surface area contributed by atoms with Gasteiger partial charge in [-0.3, -0.25) is 4.90 Å². The van der Waals surface area contributed by atoms with Crippen LogP contribution in [-0.2, 0) is 6.42 Å². The highest BCUT2D eigenvalue weighted by Crippen LogP contribution is 2.32. The average molecular weight is 247 g/mol. The van der Waals surface area contributed by atoms with Gasteiger partial charge in [-0.2, -0.15) is 0 Å². The quantitative estimate of drug-likeness (QED) is 0.864. The number of hydrogen-bond donors (Lipinski definition) is 1. The summed E-state index contributed by atoms with van der Waals surface area (Å²) >= 11 is 0. The fourth-order valence-corrected chi connectivity index (χ4v) is 3.10. The lowest BCUT2D eigenvalue weighted by Crippen LogP contribution is -2.41. The molecule has 0 radical (unpaired) electrons. The van der Waals surface area contributed by atoms with Gasteiger partial charge in [0.05, 0.1) is 6.10 Å². The molecule has 0 saturated heterocycles. The molecule has 1 aromatic carbocycles. The van der Waals surface area contributed by atoms with Crippen molar-refractivity contribution in [3.05, 3.63) is 35.4 Å². The summed E-state index contributed by atoms with van der Waals surface area (Å²) in [7, 11) is 0. The van der Waals surface area contributed by atoms with Gasteiger partial charge >= 0.3 is 0 Å². The van der Waals surface area contributed by atoms with E-state index in [1.165, 1.54) is 18.4 Å². The lowest BCUT2D eigenvalue weighted by atomic mass is 9.85. The molecule has 0 bridgehead atoms. The van der Waals surface area contributed by atoms with E-state index < -0.39 is 0 Å². The van der Waals surface area contributed by atoms with Crippen LogP contribution in [0.1, 0.15) is 50.3 Å². The molecule has 0 aliphatic heterocycles. The van der Waals surface area contributed by atoms with E-state index in [4.69, 9.17) is 0 Å². The molecule has 1 N–H and O–H groups in total. The topological polar surface area (TPSA) is 23.5 Å². The molecule has 2 nitrogen and oxygen atoms in total. The van der Waals surface area contributed by atoms with Gasteiger partial charge in [0, 0.05) is 6.04 Å². The Bertz CT molecular complexity index is 371. The van der Waals surface area contributed by atoms with Crippen LogP contribution in [0.15, 0.2) is 24.3 Å². The van der Waals surface area contributed by atoms with Gasteiger partial charge in [-0.1, -0.05) is 38.1 Å². The first-order chi connectivity index (χ1) is 8.76. The molecule has 18 heavy (non-hydrogen) atoms. The highest BCUT2D eigenvalue weighted by molar-refractivity contribution is 5.32. The third-order valence-corrected chi connectivity index (χ3v) is 3.90. The number of aliphatic hydroxyl groups is 1. The molecule has 2 rings (SSSR count). The van der Waals surface area contributed by atoms with Crippen molar-refractivity contribution in [3.63, 3.8) is 0 Å². The first-order valence-electron chi connectivity index (χ1n) is 7.26. The van der Waals surface area contributed by atoms with Crippen molar-refractivity contribution in [3.8, 4) is 0 Å². The third-order valence-electron chi connectivity index (χ3n) is 3.90. The van der Waals surface area contributed by atoms with E-state index in [2.05, 4.69) is 36.9 Å². The van der Waals surface area contributed by atoms with Crippen LogP contribution in [-0.4, -0.2) is 29.1 Å². The Morgan fingerprint density at radius 1 is 1.17 bits per heavy atom. The molecular formula is C16H25NO. The van der Waals surface area contributed by atoms with E-state index in [-0.39, 0.29) is 6.10 Å². The predicted molar refractivity (Wildman–Crippen MR) is 75.7 cm³/mol. The second kappa shape index (κ2) is 6.35. The van der Waals surface area contributed by atoms with Gasteiger partial charge in [0.1, 0.15) is 0 Å². The van der Waals surface area contributed by atoms with Crippen LogP contribution < -0.4 is 0 Å². The van der Waals surface area contributed by atoms with Gasteiger partial charge in [-0.15, -0.1) is 0 Å². The highest BCUT2D eigenvalue weighted by atomic mass is 16.3. The van der Waals surface area contributed by atoms with Crippen molar-refractivity contribution in [2.45, 2.75) is 51.7 Å². The number of hydrogen-bond acceptors (Lipinski definition) is 2. The van der Waals surface area contributed by atoms with E-state index in [9.17, 15) is 5.11 Å². The van der Waals surface area contributed by atoms with Crippen molar-refractivity contribution in [2.75, 3.05) is 13.1 Å². The normalized spacial score (nSPS) is 23.1. The van der Waals surface area contributed by atoms with Crippen molar-refractivity contribution in [1.82, 2.24) is 4.90 Å². The Morgan fingerprint density at radius 2 is 1.83 bits per heavy atom. The van der Waals surface area contributed by atoms with E-state index in [1.54, 1.807) is 0 Å². The minimum Gasteiger partial charge on any atom is -0.388 e. The van der Waals surface area contributed by atoms with Crippen LogP contribution in [0.3, 0.4) is 0 Å². The Kier molecular flexibility index (Phi) is 4.79. The van der Waals surface area contributed by atoms with Crippen molar-refractivity contribution in [1.29, 1.82) is 0 Å². The van der Waals surface area contributed by atoms with Crippen LogP contribution in [0.4, 0.5) is 0 Å². The second-order valence-corrected chi connectivity index (χ2v) is 5.34. The molecule has 0 saturated carbocycles. The SMILES string of the molecule is CCCN(CCC)C1Cc2ccccc2[C@@H](O)C1. The van der Waals surface area contributed by atoms with E-state index in [0.29, 0.717) is 6.04 Å². The van der Waals surface area contributed by atoms with Gasteiger partial charge in [0.25, 0.3) is 0 Å². The summed E-state index contributed by atoms with van der Waals surface area (Å²) in [6.45, 7) is 6.76. The Balaban J connectivity index is 2.13. The van der Waals surface area contributed by atoms with E-state index >= 15 is 0 Å². The smallest absolute Gasteiger partial charge is 0.0807 e. The summed E-state index contributed by atoms with van der Waals surface area (Å²) in [6.07, 6.45) is 4.07. The standard InChI is InChI=1S/C16H25NO/c1-3-9-17(10-4-2)14-11-13-7-5-6-8-15(13)16(18)12-14/h5-8,14,16,18H,3-4,9-12H2,1-2H3/t14?,16-/m0/s1. The summed E-state index contributed by atoms with van der Waals surface area (Å²) in [5, 5.41) is 10.3. The maximum absolute atomic E-state index is 10.3. The molecule has 0 aromatic heterocycles. The van der Waals surface area contributed by atoms with Crippen LogP contribution >= 0.6 is 0 Å². The highest BCUT2D eigenvalue weighted by Gasteiger charge is 2.28. The average Bonchev–Trinajstić information content (AvgIpc) is 2.38. The number of rotatable bonds is 5. The molecule has 2 atom stereocenters. The summed E-state index contributed by atoms with van der Waals surface area (Å²) < 4.78 is 0.